The maximum Gasteiger partial charge on any atom is 0.126 e. The second-order valence-electron chi connectivity index (χ2n) is 5.66. The number of rotatable bonds is 2. The Balaban J connectivity index is 1.83. The molecule has 3 N–H and O–H groups in total. The Hall–Kier alpha value is -1.77. The average Bonchev–Trinajstić information content (AvgIpc) is 2.41. The molecule has 19 heavy (non-hydrogen) atoms. The number of nitrogen functional groups attached to an aromatic ring is 1. The molecule has 1 aromatic heterocycles. The summed E-state index contributed by atoms with van der Waals surface area (Å²) in [5.41, 5.74) is 7.58. The van der Waals surface area contributed by atoms with Crippen LogP contribution in [0.3, 0.4) is 0 Å². The first kappa shape index (κ1) is 12.3. The van der Waals surface area contributed by atoms with Gasteiger partial charge in [-0.15, -0.1) is 0 Å². The summed E-state index contributed by atoms with van der Waals surface area (Å²) >= 11 is 0. The van der Waals surface area contributed by atoms with Crippen LogP contribution in [0.15, 0.2) is 30.3 Å². The number of nitrogens with two attached hydrogens (primary N) is 1. The molecule has 0 spiro atoms. The van der Waals surface area contributed by atoms with Crippen LogP contribution in [0.5, 0.6) is 0 Å². The van der Waals surface area contributed by atoms with E-state index < -0.39 is 0 Å². The van der Waals surface area contributed by atoms with Crippen LogP contribution < -0.4 is 11.1 Å². The van der Waals surface area contributed by atoms with Gasteiger partial charge in [0.2, 0.25) is 0 Å². The number of hydrogen-bond acceptors (Lipinski definition) is 3. The van der Waals surface area contributed by atoms with E-state index in [1.807, 2.05) is 18.2 Å². The van der Waals surface area contributed by atoms with E-state index in [0.717, 1.165) is 28.3 Å². The number of nitrogens with one attached hydrogen (secondary N) is 1. The summed E-state index contributed by atoms with van der Waals surface area (Å²) < 4.78 is 0. The zero-order valence-corrected chi connectivity index (χ0v) is 11.4. The summed E-state index contributed by atoms with van der Waals surface area (Å²) in [4.78, 5) is 4.68. The Morgan fingerprint density at radius 1 is 1.16 bits per heavy atom. The smallest absolute Gasteiger partial charge is 0.126 e. The van der Waals surface area contributed by atoms with Crippen LogP contribution in [0.25, 0.3) is 10.9 Å². The van der Waals surface area contributed by atoms with E-state index in [1.165, 1.54) is 25.7 Å². The van der Waals surface area contributed by atoms with Crippen molar-refractivity contribution in [1.29, 1.82) is 0 Å². The monoisotopic (exact) mass is 255 g/mol. The maximum atomic E-state index is 5.79. The van der Waals surface area contributed by atoms with Gasteiger partial charge in [-0.05, 0) is 49.1 Å². The summed E-state index contributed by atoms with van der Waals surface area (Å²) in [5.74, 6) is 1.72. The minimum Gasteiger partial charge on any atom is -0.399 e. The van der Waals surface area contributed by atoms with Gasteiger partial charge >= 0.3 is 0 Å². The predicted octanol–water partition coefficient (Wildman–Crippen LogP) is 3.81. The van der Waals surface area contributed by atoms with Crippen molar-refractivity contribution in [3.05, 3.63) is 30.3 Å². The minimum atomic E-state index is 0.562. The highest BCUT2D eigenvalue weighted by Crippen LogP contribution is 2.27. The first-order valence-corrected chi connectivity index (χ1v) is 7.15. The number of nitrogens with zero attached hydrogens (tertiary/aromatic N) is 1. The van der Waals surface area contributed by atoms with Gasteiger partial charge in [-0.2, -0.15) is 0 Å². The van der Waals surface area contributed by atoms with Crippen LogP contribution in [0.4, 0.5) is 11.5 Å². The van der Waals surface area contributed by atoms with Crippen molar-refractivity contribution in [3.63, 3.8) is 0 Å². The van der Waals surface area contributed by atoms with Gasteiger partial charge in [0.1, 0.15) is 5.82 Å². The molecule has 1 aromatic carbocycles. The quantitative estimate of drug-likeness (QED) is 0.802. The highest BCUT2D eigenvalue weighted by molar-refractivity contribution is 5.83. The standard InChI is InChI=1S/C16H21N3/c1-11-4-2-3-5-14(11)18-16-9-6-12-10-13(17)7-8-15(12)19-16/h6-11,14H,2-5,17H2,1H3,(H,18,19). The number of hydrogen-bond donors (Lipinski definition) is 2. The van der Waals surface area contributed by atoms with Crippen molar-refractivity contribution in [3.8, 4) is 0 Å². The summed E-state index contributed by atoms with van der Waals surface area (Å²) in [6, 6.07) is 10.6. The zero-order chi connectivity index (χ0) is 13.2. The fourth-order valence-electron chi connectivity index (χ4n) is 2.95. The van der Waals surface area contributed by atoms with Crippen LogP contribution in [-0.2, 0) is 0 Å². The molecule has 1 fully saturated rings. The molecule has 1 saturated carbocycles. The Labute approximate surface area is 114 Å². The zero-order valence-electron chi connectivity index (χ0n) is 11.4. The van der Waals surface area contributed by atoms with E-state index in [1.54, 1.807) is 0 Å². The van der Waals surface area contributed by atoms with Gasteiger partial charge in [-0.25, -0.2) is 4.98 Å². The Morgan fingerprint density at radius 2 is 2.00 bits per heavy atom. The average molecular weight is 255 g/mol. The van der Waals surface area contributed by atoms with Crippen LogP contribution in [0.1, 0.15) is 32.6 Å². The van der Waals surface area contributed by atoms with E-state index in [4.69, 9.17) is 5.73 Å². The number of benzene rings is 1. The van der Waals surface area contributed by atoms with Crippen molar-refractivity contribution < 1.29 is 0 Å². The van der Waals surface area contributed by atoms with Crippen molar-refractivity contribution in [2.75, 3.05) is 11.1 Å². The second-order valence-corrected chi connectivity index (χ2v) is 5.66. The van der Waals surface area contributed by atoms with Gasteiger partial charge in [0, 0.05) is 17.1 Å². The Morgan fingerprint density at radius 3 is 2.84 bits per heavy atom. The van der Waals surface area contributed by atoms with Crippen molar-refractivity contribution in [2.45, 2.75) is 38.6 Å². The third kappa shape index (κ3) is 2.65. The fraction of sp³-hybridized carbons (Fsp3) is 0.438. The third-order valence-corrected chi connectivity index (χ3v) is 4.16. The van der Waals surface area contributed by atoms with E-state index in [2.05, 4.69) is 29.4 Å². The van der Waals surface area contributed by atoms with Crippen molar-refractivity contribution in [1.82, 2.24) is 4.98 Å². The maximum absolute atomic E-state index is 5.79. The molecule has 3 nitrogen and oxygen atoms in total. The van der Waals surface area contributed by atoms with E-state index in [9.17, 15) is 0 Å². The van der Waals surface area contributed by atoms with Gasteiger partial charge < -0.3 is 11.1 Å². The predicted molar refractivity (Wildman–Crippen MR) is 81.2 cm³/mol. The molecular weight excluding hydrogens is 234 g/mol. The highest BCUT2D eigenvalue weighted by Gasteiger charge is 2.21. The normalized spacial score (nSPS) is 23.4. The van der Waals surface area contributed by atoms with Crippen LogP contribution >= 0.6 is 0 Å². The van der Waals surface area contributed by atoms with Gasteiger partial charge in [-0.3, -0.25) is 0 Å². The van der Waals surface area contributed by atoms with Gasteiger partial charge in [-0.1, -0.05) is 19.8 Å². The third-order valence-electron chi connectivity index (χ3n) is 4.16. The molecule has 3 rings (SSSR count). The second kappa shape index (κ2) is 5.08. The lowest BCUT2D eigenvalue weighted by atomic mass is 9.86. The van der Waals surface area contributed by atoms with Crippen LogP contribution in [0, 0.1) is 5.92 Å². The number of aromatic nitrogens is 1. The van der Waals surface area contributed by atoms with E-state index in [0.29, 0.717) is 6.04 Å². The highest BCUT2D eigenvalue weighted by atomic mass is 15.0. The summed E-state index contributed by atoms with van der Waals surface area (Å²) in [7, 11) is 0. The molecule has 1 heterocycles. The minimum absolute atomic E-state index is 0.562. The van der Waals surface area contributed by atoms with Crippen LogP contribution in [0.2, 0.25) is 0 Å². The number of pyridine rings is 1. The molecule has 1 aliphatic rings. The molecule has 0 saturated heterocycles. The van der Waals surface area contributed by atoms with Gasteiger partial charge in [0.25, 0.3) is 0 Å². The molecule has 2 unspecified atom stereocenters. The first-order chi connectivity index (χ1) is 9.22. The Bertz CT molecular complexity index is 579. The molecular formula is C16H21N3. The van der Waals surface area contributed by atoms with Crippen molar-refractivity contribution >= 4 is 22.4 Å². The molecule has 1 aliphatic carbocycles. The lowest BCUT2D eigenvalue weighted by molar-refractivity contribution is 0.349. The first-order valence-electron chi connectivity index (χ1n) is 7.15. The summed E-state index contributed by atoms with van der Waals surface area (Å²) in [6.07, 6.45) is 5.26. The molecule has 0 aliphatic heterocycles. The van der Waals surface area contributed by atoms with Crippen molar-refractivity contribution in [2.24, 2.45) is 5.92 Å². The lowest BCUT2D eigenvalue weighted by Crippen LogP contribution is -2.30. The molecule has 2 aromatic rings. The summed E-state index contributed by atoms with van der Waals surface area (Å²) in [5, 5.41) is 4.69. The molecule has 3 heteroatoms. The molecule has 0 radical (unpaired) electrons. The Kier molecular flexibility index (Phi) is 3.28. The fourth-order valence-corrected chi connectivity index (χ4v) is 2.95. The van der Waals surface area contributed by atoms with Crippen LogP contribution in [-0.4, -0.2) is 11.0 Å². The van der Waals surface area contributed by atoms with Gasteiger partial charge in [0.05, 0.1) is 5.52 Å². The molecule has 0 bridgehead atoms. The number of anilines is 2. The van der Waals surface area contributed by atoms with E-state index in [-0.39, 0.29) is 0 Å². The van der Waals surface area contributed by atoms with Gasteiger partial charge in [0.15, 0.2) is 0 Å². The molecule has 2 atom stereocenters. The largest absolute Gasteiger partial charge is 0.399 e. The molecule has 100 valence electrons. The summed E-state index contributed by atoms with van der Waals surface area (Å²) in [6.45, 7) is 2.33. The lowest BCUT2D eigenvalue weighted by Gasteiger charge is -2.30. The SMILES string of the molecule is CC1CCCCC1Nc1ccc2cc(N)ccc2n1. The molecule has 0 amide bonds. The van der Waals surface area contributed by atoms with E-state index >= 15 is 0 Å². The topological polar surface area (TPSA) is 50.9 Å². The number of fused-ring (bicyclic) bond motifs is 1.